The maximum Gasteiger partial charge on any atom is 0.328 e. The Morgan fingerprint density at radius 2 is 1.58 bits per heavy atom. The first-order chi connectivity index (χ1) is 14.9. The van der Waals surface area contributed by atoms with Crippen molar-refractivity contribution in [1.29, 1.82) is 0 Å². The molecule has 3 rings (SSSR count). The Labute approximate surface area is 184 Å². The van der Waals surface area contributed by atoms with Gasteiger partial charge in [-0.25, -0.2) is 4.79 Å². The fourth-order valence-corrected chi connectivity index (χ4v) is 5.94. The van der Waals surface area contributed by atoms with E-state index in [0.717, 1.165) is 38.5 Å². The number of nitrogens with two attached hydrogens (primary N) is 1. The predicted octanol–water partition coefficient (Wildman–Crippen LogP) is 0.354. The maximum absolute atomic E-state index is 12.6. The minimum atomic E-state index is -0.743. The Hall–Kier alpha value is -1.71. The maximum atomic E-state index is 12.6. The highest BCUT2D eigenvalue weighted by Crippen LogP contribution is 2.45. The molecular weight excluding hydrogens is 402 g/mol. The lowest BCUT2D eigenvalue weighted by Gasteiger charge is -2.46. The lowest BCUT2D eigenvalue weighted by atomic mass is 9.64. The number of fused-ring (bicyclic) bond motifs is 5. The van der Waals surface area contributed by atoms with E-state index < -0.39 is 24.0 Å². The van der Waals surface area contributed by atoms with Gasteiger partial charge in [0, 0.05) is 14.2 Å². The molecule has 3 fully saturated rings. The van der Waals surface area contributed by atoms with Crippen LogP contribution < -0.4 is 16.4 Å². The molecule has 0 radical (unpaired) electrons. The molecule has 176 valence electrons. The molecule has 0 aromatic carbocycles. The summed E-state index contributed by atoms with van der Waals surface area (Å²) in [5.74, 6) is -0.482. The van der Waals surface area contributed by atoms with Crippen molar-refractivity contribution >= 4 is 17.8 Å². The van der Waals surface area contributed by atoms with Crippen molar-refractivity contribution in [2.45, 2.75) is 69.2 Å². The van der Waals surface area contributed by atoms with Gasteiger partial charge in [0.2, 0.25) is 11.8 Å². The number of carbonyl (C=O) groups excluding carboxylic acids is 3. The molecule has 0 aromatic rings. The van der Waals surface area contributed by atoms with E-state index in [4.69, 9.17) is 19.9 Å². The molecular formula is C22H37N3O6. The van der Waals surface area contributed by atoms with Gasteiger partial charge in [-0.15, -0.1) is 0 Å². The first-order valence-electron chi connectivity index (χ1n) is 11.3. The highest BCUT2D eigenvalue weighted by Gasteiger charge is 2.45. The second-order valence-electron chi connectivity index (χ2n) is 9.25. The van der Waals surface area contributed by atoms with E-state index in [1.807, 2.05) is 0 Å². The lowest BCUT2D eigenvalue weighted by Crippen LogP contribution is -2.54. The van der Waals surface area contributed by atoms with E-state index in [-0.39, 0.29) is 48.3 Å². The number of hydrogen-bond donors (Lipinski definition) is 3. The second-order valence-corrected chi connectivity index (χ2v) is 9.25. The van der Waals surface area contributed by atoms with E-state index >= 15 is 0 Å². The zero-order chi connectivity index (χ0) is 22.5. The van der Waals surface area contributed by atoms with Gasteiger partial charge in [-0.2, -0.15) is 0 Å². The largest absolute Gasteiger partial charge is 0.467 e. The number of esters is 1. The van der Waals surface area contributed by atoms with Crippen molar-refractivity contribution < 1.29 is 28.6 Å². The topological polar surface area (TPSA) is 129 Å². The van der Waals surface area contributed by atoms with Crippen LogP contribution in [-0.4, -0.2) is 69.9 Å². The molecule has 31 heavy (non-hydrogen) atoms. The van der Waals surface area contributed by atoms with Gasteiger partial charge >= 0.3 is 5.97 Å². The highest BCUT2D eigenvalue weighted by molar-refractivity contribution is 5.89. The molecule has 2 saturated carbocycles. The highest BCUT2D eigenvalue weighted by atomic mass is 16.5. The van der Waals surface area contributed by atoms with Crippen molar-refractivity contribution in [1.82, 2.24) is 10.6 Å². The van der Waals surface area contributed by atoms with Gasteiger partial charge < -0.3 is 30.6 Å². The summed E-state index contributed by atoms with van der Waals surface area (Å²) in [6.45, 7) is -0.212. The monoisotopic (exact) mass is 439 g/mol. The summed E-state index contributed by atoms with van der Waals surface area (Å²) >= 11 is 0. The van der Waals surface area contributed by atoms with Crippen LogP contribution in [0.25, 0.3) is 0 Å². The Balaban J connectivity index is 1.90. The van der Waals surface area contributed by atoms with Crippen LogP contribution in [0.4, 0.5) is 0 Å². The molecule has 2 aliphatic carbocycles. The van der Waals surface area contributed by atoms with E-state index in [0.29, 0.717) is 6.42 Å². The molecule has 1 heterocycles. The second kappa shape index (κ2) is 10.7. The molecule has 4 N–H and O–H groups in total. The van der Waals surface area contributed by atoms with Gasteiger partial charge in [-0.1, -0.05) is 0 Å². The number of nitrogens with one attached hydrogen (secondary N) is 2. The number of methoxy groups -OCH3 is 3. The average molecular weight is 440 g/mol. The van der Waals surface area contributed by atoms with Gasteiger partial charge in [0.05, 0.1) is 31.9 Å². The fraction of sp³-hybridized carbons (Fsp3) is 0.864. The Morgan fingerprint density at radius 3 is 2.23 bits per heavy atom. The zero-order valence-electron chi connectivity index (χ0n) is 18.8. The van der Waals surface area contributed by atoms with E-state index in [9.17, 15) is 14.4 Å². The summed E-state index contributed by atoms with van der Waals surface area (Å²) in [6.07, 6.45) is 5.83. The Morgan fingerprint density at radius 1 is 0.935 bits per heavy atom. The number of ether oxygens (including phenoxy) is 3. The normalized spacial score (nSPS) is 39.6. The van der Waals surface area contributed by atoms with Crippen LogP contribution in [0.5, 0.6) is 0 Å². The predicted molar refractivity (Wildman–Crippen MR) is 113 cm³/mol. The van der Waals surface area contributed by atoms with E-state index in [1.165, 1.54) is 7.11 Å². The van der Waals surface area contributed by atoms with Crippen molar-refractivity contribution in [2.75, 3.05) is 27.9 Å². The Bertz CT molecular complexity index is 659. The minimum Gasteiger partial charge on any atom is -0.467 e. The smallest absolute Gasteiger partial charge is 0.328 e. The molecule has 0 spiro atoms. The summed E-state index contributed by atoms with van der Waals surface area (Å²) in [4.78, 5) is 37.3. The average Bonchev–Trinajstić information content (AvgIpc) is 2.79. The molecule has 1 saturated heterocycles. The first-order valence-corrected chi connectivity index (χ1v) is 11.3. The molecule has 0 aromatic heterocycles. The molecule has 9 heteroatoms. The van der Waals surface area contributed by atoms with Crippen molar-refractivity contribution in [3.8, 4) is 0 Å². The van der Waals surface area contributed by atoms with Crippen LogP contribution in [-0.2, 0) is 28.6 Å². The number of hydrogen-bond acceptors (Lipinski definition) is 7. The number of amides is 2. The van der Waals surface area contributed by atoms with Gasteiger partial charge in [0.15, 0.2) is 0 Å². The quantitative estimate of drug-likeness (QED) is 0.541. The summed E-state index contributed by atoms with van der Waals surface area (Å²) in [5.41, 5.74) is 6.31. The van der Waals surface area contributed by atoms with Crippen LogP contribution in [0, 0.1) is 23.7 Å². The molecule has 8 unspecified atom stereocenters. The van der Waals surface area contributed by atoms with Gasteiger partial charge in [-0.3, -0.25) is 9.59 Å². The Kier molecular flexibility index (Phi) is 8.30. The minimum absolute atomic E-state index is 0.0307. The molecule has 9 nitrogen and oxygen atoms in total. The third-order valence-corrected chi connectivity index (χ3v) is 7.60. The third kappa shape index (κ3) is 5.56. The molecule has 2 amide bonds. The molecule has 8 atom stereocenters. The van der Waals surface area contributed by atoms with Crippen LogP contribution in [0.3, 0.4) is 0 Å². The van der Waals surface area contributed by atoms with Gasteiger partial charge in [0.1, 0.15) is 6.04 Å². The van der Waals surface area contributed by atoms with E-state index in [1.54, 1.807) is 14.2 Å². The summed E-state index contributed by atoms with van der Waals surface area (Å²) < 4.78 is 16.6. The number of carbonyl (C=O) groups is 3. The van der Waals surface area contributed by atoms with Crippen LogP contribution in [0.1, 0.15) is 44.9 Å². The fourth-order valence-electron chi connectivity index (χ4n) is 5.94. The third-order valence-electron chi connectivity index (χ3n) is 7.60. The summed E-state index contributed by atoms with van der Waals surface area (Å²) in [6, 6.07) is -1.43. The summed E-state index contributed by atoms with van der Waals surface area (Å²) in [7, 11) is 4.81. The summed E-state index contributed by atoms with van der Waals surface area (Å²) in [5, 5.41) is 5.36. The standard InChI is InChI=1S/C22H37N3O6/c1-29-17-6-4-12-8-14(17)15-10-13(5-7-18(15)30-2)20(23)21(27)24-11-19(26)25-16(9-12)22(28)31-3/h12-18,20H,4-11,23H2,1-3H3,(H,24,27)(H,25,26). The van der Waals surface area contributed by atoms with Crippen molar-refractivity contribution in [3.63, 3.8) is 0 Å². The van der Waals surface area contributed by atoms with Crippen molar-refractivity contribution in [3.05, 3.63) is 0 Å². The molecule has 1 aliphatic heterocycles. The zero-order valence-corrected chi connectivity index (χ0v) is 18.8. The van der Waals surface area contributed by atoms with Crippen molar-refractivity contribution in [2.24, 2.45) is 29.4 Å². The van der Waals surface area contributed by atoms with Crippen LogP contribution >= 0.6 is 0 Å². The first kappa shape index (κ1) is 23.9. The SMILES string of the molecule is COC(=O)C1CC2CCC(OC)C(C2)C2CC(CCC2OC)C(N)C(=O)NCC(=O)N1. The van der Waals surface area contributed by atoms with Gasteiger partial charge in [0.25, 0.3) is 0 Å². The molecule has 3 aliphatic rings. The number of rotatable bonds is 3. The van der Waals surface area contributed by atoms with Gasteiger partial charge in [-0.05, 0) is 68.6 Å². The van der Waals surface area contributed by atoms with Crippen LogP contribution in [0.2, 0.25) is 0 Å². The lowest BCUT2D eigenvalue weighted by molar-refractivity contribution is -0.146. The van der Waals surface area contributed by atoms with Crippen LogP contribution in [0.15, 0.2) is 0 Å². The van der Waals surface area contributed by atoms with E-state index in [2.05, 4.69) is 10.6 Å². The molecule has 4 bridgehead atoms.